The van der Waals surface area contributed by atoms with Gasteiger partial charge in [-0.1, -0.05) is 54.6 Å². The lowest BCUT2D eigenvalue weighted by atomic mass is 10.0. The standard InChI is InChI=1S/C31H35N7O5S/c1-20-16-24(22-8-4-3-5-9-22)17-21(2)28(20)44(41,42)38-26(30(40)43-15-7-12-32-31-33-13-14-34-31)19-35-29(39)25-11-6-10-23-18-36-37-27(23)25/h3-6,8-11,16-18,26,38H,7,12-15,19H2,1-2H3,(H,35,39)(H,36,37)(H2,32,33,34). The Morgan fingerprint density at radius 1 is 1.02 bits per heavy atom. The fraction of sp³-hybridized carbons (Fsp3) is 0.290. The van der Waals surface area contributed by atoms with Gasteiger partial charge in [0.25, 0.3) is 5.91 Å². The molecule has 1 unspecified atom stereocenters. The van der Waals surface area contributed by atoms with Crippen molar-refractivity contribution < 1.29 is 22.7 Å². The lowest BCUT2D eigenvalue weighted by Crippen LogP contribution is -2.49. The van der Waals surface area contributed by atoms with Gasteiger partial charge in [-0.25, -0.2) is 8.42 Å². The van der Waals surface area contributed by atoms with Gasteiger partial charge in [0.05, 0.1) is 35.3 Å². The third-order valence-corrected chi connectivity index (χ3v) is 8.91. The summed E-state index contributed by atoms with van der Waals surface area (Å²) in [6.45, 7) is 5.12. The van der Waals surface area contributed by atoms with Gasteiger partial charge in [-0.3, -0.25) is 19.7 Å². The van der Waals surface area contributed by atoms with E-state index in [2.05, 4.69) is 35.9 Å². The van der Waals surface area contributed by atoms with Gasteiger partial charge in [0.1, 0.15) is 6.04 Å². The highest BCUT2D eigenvalue weighted by molar-refractivity contribution is 7.89. The molecule has 0 saturated carbocycles. The molecular weight excluding hydrogens is 582 g/mol. The number of aryl methyl sites for hydroxylation is 2. The number of H-pyrrole nitrogens is 1. The van der Waals surface area contributed by atoms with Crippen molar-refractivity contribution in [3.8, 4) is 11.1 Å². The van der Waals surface area contributed by atoms with Crippen LogP contribution in [0.1, 0.15) is 27.9 Å². The number of aromatic amines is 1. The van der Waals surface area contributed by atoms with Gasteiger partial charge in [-0.05, 0) is 48.6 Å². The van der Waals surface area contributed by atoms with Crippen LogP contribution in [0.2, 0.25) is 0 Å². The highest BCUT2D eigenvalue weighted by atomic mass is 32.2. The van der Waals surface area contributed by atoms with Crippen LogP contribution in [0.3, 0.4) is 0 Å². The number of fused-ring (bicyclic) bond motifs is 1. The van der Waals surface area contributed by atoms with Crippen molar-refractivity contribution in [1.82, 2.24) is 30.9 Å². The second kappa shape index (κ2) is 13.7. The number of nitrogens with one attached hydrogen (secondary N) is 5. The van der Waals surface area contributed by atoms with Crippen molar-refractivity contribution in [2.45, 2.75) is 31.2 Å². The third-order valence-electron chi connectivity index (χ3n) is 7.14. The minimum Gasteiger partial charge on any atom is -0.464 e. The minimum absolute atomic E-state index is 0.0442. The number of sulfonamides is 1. The number of aromatic nitrogens is 2. The fourth-order valence-electron chi connectivity index (χ4n) is 5.11. The number of hydrogen-bond acceptors (Lipinski definition) is 9. The third kappa shape index (κ3) is 7.24. The number of para-hydroxylation sites is 1. The van der Waals surface area contributed by atoms with Crippen LogP contribution in [-0.2, 0) is 19.6 Å². The number of rotatable bonds is 12. The number of esters is 1. The molecule has 12 nitrogen and oxygen atoms in total. The van der Waals surface area contributed by atoms with Crippen molar-refractivity contribution in [2.24, 2.45) is 4.99 Å². The van der Waals surface area contributed by atoms with E-state index in [-0.39, 0.29) is 18.0 Å². The number of amides is 1. The smallest absolute Gasteiger partial charge is 0.326 e. The number of benzene rings is 3. The van der Waals surface area contributed by atoms with E-state index >= 15 is 0 Å². The Kier molecular flexibility index (Phi) is 9.56. The molecule has 0 fully saturated rings. The van der Waals surface area contributed by atoms with Crippen molar-refractivity contribution in [1.29, 1.82) is 0 Å². The predicted octanol–water partition coefficient (Wildman–Crippen LogP) is 2.41. The summed E-state index contributed by atoms with van der Waals surface area (Å²) in [7, 11) is -4.20. The minimum atomic E-state index is -4.20. The predicted molar refractivity (Wildman–Crippen MR) is 168 cm³/mol. The Balaban J connectivity index is 1.32. The molecule has 1 aliphatic heterocycles. The van der Waals surface area contributed by atoms with Gasteiger partial charge < -0.3 is 20.7 Å². The van der Waals surface area contributed by atoms with Gasteiger partial charge in [-0.2, -0.15) is 9.82 Å². The molecule has 0 radical (unpaired) electrons. The van der Waals surface area contributed by atoms with Crippen LogP contribution in [0, 0.1) is 13.8 Å². The van der Waals surface area contributed by atoms with Crippen LogP contribution < -0.4 is 20.7 Å². The topological polar surface area (TPSA) is 167 Å². The number of hydrogen-bond donors (Lipinski definition) is 5. The van der Waals surface area contributed by atoms with E-state index in [0.717, 1.165) is 23.1 Å². The molecule has 44 heavy (non-hydrogen) atoms. The quantitative estimate of drug-likeness (QED) is 0.119. The Bertz CT molecular complexity index is 1760. The largest absolute Gasteiger partial charge is 0.464 e. The molecule has 0 saturated heterocycles. The number of nitrogens with zero attached hydrogens (tertiary/aromatic N) is 2. The van der Waals surface area contributed by atoms with E-state index in [1.807, 2.05) is 36.4 Å². The van der Waals surface area contributed by atoms with Gasteiger partial charge >= 0.3 is 5.97 Å². The highest BCUT2D eigenvalue weighted by Gasteiger charge is 2.30. The van der Waals surface area contributed by atoms with Crippen molar-refractivity contribution in [3.05, 3.63) is 83.6 Å². The van der Waals surface area contributed by atoms with Gasteiger partial charge in [0.15, 0.2) is 5.96 Å². The second-order valence-corrected chi connectivity index (χ2v) is 12.1. The van der Waals surface area contributed by atoms with E-state index in [1.54, 1.807) is 44.3 Å². The molecule has 1 amide bonds. The van der Waals surface area contributed by atoms with Crippen molar-refractivity contribution in [3.63, 3.8) is 0 Å². The molecule has 13 heteroatoms. The monoisotopic (exact) mass is 617 g/mol. The van der Waals surface area contributed by atoms with Crippen LogP contribution in [0.5, 0.6) is 0 Å². The maximum absolute atomic E-state index is 13.7. The first kappa shape index (κ1) is 30.7. The summed E-state index contributed by atoms with van der Waals surface area (Å²) in [5, 5.41) is 16.4. The second-order valence-electron chi connectivity index (χ2n) is 10.4. The van der Waals surface area contributed by atoms with E-state index in [0.29, 0.717) is 47.7 Å². The number of guanidine groups is 1. The molecule has 230 valence electrons. The van der Waals surface area contributed by atoms with Gasteiger partial charge in [0, 0.05) is 25.0 Å². The van der Waals surface area contributed by atoms with Crippen LogP contribution in [0.25, 0.3) is 22.0 Å². The van der Waals surface area contributed by atoms with Gasteiger partial charge in [-0.15, -0.1) is 0 Å². The normalized spacial score (nSPS) is 13.6. The molecule has 5 N–H and O–H groups in total. The molecule has 5 rings (SSSR count). The Hall–Kier alpha value is -4.75. The highest BCUT2D eigenvalue weighted by Crippen LogP contribution is 2.28. The number of carbonyl (C=O) groups is 2. The number of aliphatic imine (C=N–C) groups is 1. The average molecular weight is 618 g/mol. The first-order valence-electron chi connectivity index (χ1n) is 14.3. The lowest BCUT2D eigenvalue weighted by Gasteiger charge is -2.21. The van der Waals surface area contributed by atoms with Crippen LogP contribution in [0.4, 0.5) is 0 Å². The number of ether oxygens (including phenoxy) is 1. The van der Waals surface area contributed by atoms with Crippen LogP contribution in [0.15, 0.2) is 76.7 Å². The first-order valence-corrected chi connectivity index (χ1v) is 15.8. The summed E-state index contributed by atoms with van der Waals surface area (Å²) < 4.78 is 35.4. The molecule has 1 atom stereocenters. The maximum Gasteiger partial charge on any atom is 0.326 e. The summed E-state index contributed by atoms with van der Waals surface area (Å²) in [4.78, 5) is 30.7. The van der Waals surface area contributed by atoms with Crippen LogP contribution >= 0.6 is 0 Å². The van der Waals surface area contributed by atoms with Crippen molar-refractivity contribution in [2.75, 3.05) is 32.8 Å². The Morgan fingerprint density at radius 3 is 2.52 bits per heavy atom. The number of carbonyl (C=O) groups excluding carboxylic acids is 2. The molecule has 0 aliphatic carbocycles. The summed E-state index contributed by atoms with van der Waals surface area (Å²) in [5.74, 6) is -0.604. The lowest BCUT2D eigenvalue weighted by molar-refractivity contribution is -0.145. The summed E-state index contributed by atoms with van der Waals surface area (Å²) >= 11 is 0. The fourth-order valence-corrected chi connectivity index (χ4v) is 6.75. The molecule has 4 aromatic rings. The SMILES string of the molecule is Cc1cc(-c2ccccc2)cc(C)c1S(=O)(=O)NC(CNC(=O)c1cccc2cn[nH]c12)C(=O)OCCCNC1=NCCN1. The molecular formula is C31H35N7O5S. The zero-order valence-corrected chi connectivity index (χ0v) is 25.3. The Morgan fingerprint density at radius 2 is 1.80 bits per heavy atom. The molecule has 3 aromatic carbocycles. The molecule has 0 spiro atoms. The average Bonchev–Trinajstić information content (AvgIpc) is 3.71. The zero-order valence-electron chi connectivity index (χ0n) is 24.5. The summed E-state index contributed by atoms with van der Waals surface area (Å²) in [6, 6.07) is 17.0. The van der Waals surface area contributed by atoms with Crippen molar-refractivity contribution >= 4 is 38.8 Å². The van der Waals surface area contributed by atoms with Gasteiger partial charge in [0.2, 0.25) is 10.0 Å². The molecule has 1 aliphatic rings. The first-order chi connectivity index (χ1) is 21.2. The van der Waals surface area contributed by atoms with E-state index in [4.69, 9.17) is 4.74 Å². The Labute approximate surface area is 255 Å². The van der Waals surface area contributed by atoms with Crippen LogP contribution in [-0.4, -0.2) is 75.3 Å². The van der Waals surface area contributed by atoms with E-state index in [9.17, 15) is 18.0 Å². The van der Waals surface area contributed by atoms with E-state index in [1.165, 1.54) is 0 Å². The van der Waals surface area contributed by atoms with E-state index < -0.39 is 27.9 Å². The summed E-state index contributed by atoms with van der Waals surface area (Å²) in [6.07, 6.45) is 2.07. The molecule has 1 aromatic heterocycles. The maximum atomic E-state index is 13.7. The summed E-state index contributed by atoms with van der Waals surface area (Å²) in [5.41, 5.74) is 3.72. The zero-order chi connectivity index (χ0) is 31.1. The molecule has 2 heterocycles. The molecule has 0 bridgehead atoms.